The lowest BCUT2D eigenvalue weighted by Crippen LogP contribution is -2.17. The SMILES string of the molecule is O=C(O)C(=O)c1c(F)ccc([N+](=O)[O-])c1F. The lowest BCUT2D eigenvalue weighted by atomic mass is 10.1. The third kappa shape index (κ3) is 1.85. The normalized spacial score (nSPS) is 9.88. The van der Waals surface area contributed by atoms with Gasteiger partial charge >= 0.3 is 11.7 Å². The van der Waals surface area contributed by atoms with Crippen molar-refractivity contribution in [1.29, 1.82) is 0 Å². The van der Waals surface area contributed by atoms with Crippen LogP contribution in [0, 0.1) is 21.7 Å². The molecule has 16 heavy (non-hydrogen) atoms. The van der Waals surface area contributed by atoms with Crippen molar-refractivity contribution in [1.82, 2.24) is 0 Å². The van der Waals surface area contributed by atoms with Crippen LogP contribution in [0.3, 0.4) is 0 Å². The second kappa shape index (κ2) is 4.01. The Labute approximate surface area is 86.3 Å². The number of hydrogen-bond donors (Lipinski definition) is 1. The first-order valence-electron chi connectivity index (χ1n) is 3.76. The van der Waals surface area contributed by atoms with Crippen LogP contribution in [0.15, 0.2) is 12.1 Å². The second-order valence-corrected chi connectivity index (χ2v) is 2.65. The number of hydrogen-bond acceptors (Lipinski definition) is 4. The van der Waals surface area contributed by atoms with E-state index in [0.717, 1.165) is 0 Å². The number of rotatable bonds is 3. The van der Waals surface area contributed by atoms with Crippen molar-refractivity contribution in [2.45, 2.75) is 0 Å². The fourth-order valence-corrected chi connectivity index (χ4v) is 0.998. The highest BCUT2D eigenvalue weighted by molar-refractivity contribution is 6.40. The molecule has 84 valence electrons. The summed E-state index contributed by atoms with van der Waals surface area (Å²) in [4.78, 5) is 30.2. The van der Waals surface area contributed by atoms with Gasteiger partial charge in [0.2, 0.25) is 5.82 Å². The monoisotopic (exact) mass is 231 g/mol. The Bertz CT molecular complexity index is 499. The van der Waals surface area contributed by atoms with Crippen molar-refractivity contribution in [3.05, 3.63) is 39.4 Å². The van der Waals surface area contributed by atoms with Crippen LogP contribution in [0.1, 0.15) is 10.4 Å². The van der Waals surface area contributed by atoms with Crippen LogP contribution in [-0.2, 0) is 4.79 Å². The number of halogens is 2. The molecule has 0 aliphatic carbocycles. The summed E-state index contributed by atoms with van der Waals surface area (Å²) in [5, 5.41) is 18.5. The van der Waals surface area contributed by atoms with E-state index >= 15 is 0 Å². The molecule has 0 atom stereocenters. The van der Waals surface area contributed by atoms with E-state index in [1.807, 2.05) is 0 Å². The van der Waals surface area contributed by atoms with Gasteiger partial charge in [0.1, 0.15) is 11.4 Å². The van der Waals surface area contributed by atoms with E-state index in [1.54, 1.807) is 0 Å². The Morgan fingerprint density at radius 2 is 1.88 bits per heavy atom. The summed E-state index contributed by atoms with van der Waals surface area (Å²) in [7, 11) is 0. The summed E-state index contributed by atoms with van der Waals surface area (Å²) in [6.45, 7) is 0. The topological polar surface area (TPSA) is 97.5 Å². The van der Waals surface area contributed by atoms with E-state index < -0.39 is 39.6 Å². The highest BCUT2D eigenvalue weighted by Crippen LogP contribution is 2.23. The number of nitro benzene ring substituents is 1. The van der Waals surface area contributed by atoms with E-state index in [9.17, 15) is 28.5 Å². The van der Waals surface area contributed by atoms with E-state index in [4.69, 9.17) is 5.11 Å². The highest BCUT2D eigenvalue weighted by atomic mass is 19.1. The summed E-state index contributed by atoms with van der Waals surface area (Å²) in [6.07, 6.45) is 0. The molecule has 0 saturated heterocycles. The van der Waals surface area contributed by atoms with Crippen molar-refractivity contribution in [3.63, 3.8) is 0 Å². The molecule has 1 aromatic rings. The Balaban J connectivity index is 3.49. The molecule has 0 bridgehead atoms. The van der Waals surface area contributed by atoms with Crippen LogP contribution in [0.25, 0.3) is 0 Å². The maximum absolute atomic E-state index is 13.2. The van der Waals surface area contributed by atoms with Gasteiger partial charge in [0.15, 0.2) is 0 Å². The number of nitro groups is 1. The summed E-state index contributed by atoms with van der Waals surface area (Å²) >= 11 is 0. The zero-order valence-electron chi connectivity index (χ0n) is 7.44. The summed E-state index contributed by atoms with van der Waals surface area (Å²) in [6, 6.07) is 0.959. The molecule has 0 fully saturated rings. The van der Waals surface area contributed by atoms with E-state index in [1.165, 1.54) is 0 Å². The second-order valence-electron chi connectivity index (χ2n) is 2.65. The molecule has 1 rings (SSSR count). The van der Waals surface area contributed by atoms with Gasteiger partial charge in [-0.1, -0.05) is 0 Å². The third-order valence-electron chi connectivity index (χ3n) is 1.69. The molecule has 1 aromatic carbocycles. The third-order valence-corrected chi connectivity index (χ3v) is 1.69. The molecule has 0 heterocycles. The Kier molecular flexibility index (Phi) is 2.93. The number of carboxylic acids is 1. The summed E-state index contributed by atoms with van der Waals surface area (Å²) < 4.78 is 26.2. The van der Waals surface area contributed by atoms with Crippen molar-refractivity contribution in [2.24, 2.45) is 0 Å². The van der Waals surface area contributed by atoms with E-state index in [2.05, 4.69) is 0 Å². The average molecular weight is 231 g/mol. The predicted octanol–water partition coefficient (Wildman–Crippen LogP) is 1.14. The maximum atomic E-state index is 13.2. The van der Waals surface area contributed by atoms with Crippen LogP contribution in [0.5, 0.6) is 0 Å². The predicted molar refractivity (Wildman–Crippen MR) is 45.0 cm³/mol. The molecule has 0 aliphatic rings. The molecule has 0 aliphatic heterocycles. The summed E-state index contributed by atoms with van der Waals surface area (Å²) in [5.74, 6) is -7.23. The standard InChI is InChI=1S/C8H3F2NO5/c9-3-1-2-4(11(15)16)6(10)5(3)7(12)8(13)14/h1-2H,(H,13,14). The zero-order chi connectivity index (χ0) is 12.5. The van der Waals surface area contributed by atoms with Gasteiger partial charge in [0.05, 0.1) is 4.92 Å². The first-order chi connectivity index (χ1) is 7.36. The molecule has 6 nitrogen and oxygen atoms in total. The number of carbonyl (C=O) groups excluding carboxylic acids is 1. The lowest BCUT2D eigenvalue weighted by Gasteiger charge is -2.01. The van der Waals surface area contributed by atoms with Gasteiger partial charge in [-0.2, -0.15) is 4.39 Å². The van der Waals surface area contributed by atoms with Crippen molar-refractivity contribution < 1.29 is 28.4 Å². The van der Waals surface area contributed by atoms with Gasteiger partial charge in [0.25, 0.3) is 5.78 Å². The summed E-state index contributed by atoms with van der Waals surface area (Å²) in [5.41, 5.74) is -2.60. The minimum absolute atomic E-state index is 0.456. The maximum Gasteiger partial charge on any atom is 0.377 e. The van der Waals surface area contributed by atoms with Gasteiger partial charge in [-0.05, 0) is 6.07 Å². The van der Waals surface area contributed by atoms with Crippen molar-refractivity contribution >= 4 is 17.4 Å². The average Bonchev–Trinajstić information content (AvgIpc) is 2.16. The number of carbonyl (C=O) groups is 2. The number of carboxylic acid groups (broad SMARTS) is 1. The minimum atomic E-state index is -2.10. The molecule has 8 heteroatoms. The van der Waals surface area contributed by atoms with E-state index in [0.29, 0.717) is 12.1 Å². The number of benzene rings is 1. The number of nitrogens with zero attached hydrogens (tertiary/aromatic N) is 1. The van der Waals surface area contributed by atoms with Crippen LogP contribution >= 0.6 is 0 Å². The molecule has 1 N–H and O–H groups in total. The first kappa shape index (κ1) is 11.7. The number of Topliss-reactive ketones (excluding diaryl/α,β-unsaturated/α-hetero) is 1. The van der Waals surface area contributed by atoms with Crippen molar-refractivity contribution in [3.8, 4) is 0 Å². The molecule has 0 aromatic heterocycles. The van der Waals surface area contributed by atoms with Gasteiger partial charge in [0, 0.05) is 6.07 Å². The lowest BCUT2D eigenvalue weighted by molar-refractivity contribution is -0.387. The van der Waals surface area contributed by atoms with Crippen LogP contribution in [0.4, 0.5) is 14.5 Å². The molecule has 0 spiro atoms. The van der Waals surface area contributed by atoms with Crippen LogP contribution < -0.4 is 0 Å². The van der Waals surface area contributed by atoms with Crippen LogP contribution in [-0.4, -0.2) is 21.8 Å². The highest BCUT2D eigenvalue weighted by Gasteiger charge is 2.29. The smallest absolute Gasteiger partial charge is 0.377 e. The van der Waals surface area contributed by atoms with Gasteiger partial charge in [-0.3, -0.25) is 14.9 Å². The van der Waals surface area contributed by atoms with Crippen LogP contribution in [0.2, 0.25) is 0 Å². The molecule has 0 radical (unpaired) electrons. The number of aliphatic carboxylic acids is 1. The minimum Gasteiger partial charge on any atom is -0.475 e. The van der Waals surface area contributed by atoms with Gasteiger partial charge in [-0.15, -0.1) is 0 Å². The number of ketones is 1. The van der Waals surface area contributed by atoms with Crippen molar-refractivity contribution in [2.75, 3.05) is 0 Å². The molecular formula is C8H3F2NO5. The van der Waals surface area contributed by atoms with Gasteiger partial charge < -0.3 is 5.11 Å². The van der Waals surface area contributed by atoms with Gasteiger partial charge in [-0.25, -0.2) is 9.18 Å². The molecule has 0 saturated carbocycles. The Hall–Kier alpha value is -2.38. The van der Waals surface area contributed by atoms with E-state index in [-0.39, 0.29) is 0 Å². The Morgan fingerprint density at radius 1 is 1.31 bits per heavy atom. The Morgan fingerprint density at radius 3 is 2.31 bits per heavy atom. The zero-order valence-corrected chi connectivity index (χ0v) is 7.44. The molecule has 0 amide bonds. The quantitative estimate of drug-likeness (QED) is 0.364. The molecular weight excluding hydrogens is 228 g/mol. The molecule has 0 unspecified atom stereocenters. The fourth-order valence-electron chi connectivity index (χ4n) is 0.998. The first-order valence-corrected chi connectivity index (χ1v) is 3.76. The fraction of sp³-hybridized carbons (Fsp3) is 0. The largest absolute Gasteiger partial charge is 0.475 e.